The van der Waals surface area contributed by atoms with Crippen molar-refractivity contribution in [3.63, 3.8) is 0 Å². The van der Waals surface area contributed by atoms with Crippen LogP contribution in [-0.4, -0.2) is 16.5 Å². The summed E-state index contributed by atoms with van der Waals surface area (Å²) in [4.78, 5) is 27.5. The molecule has 0 saturated heterocycles. The number of aliphatic imine (C=N–C) groups is 1. The smallest absolute Gasteiger partial charge is 0.270 e. The van der Waals surface area contributed by atoms with Crippen LogP contribution in [0.3, 0.4) is 0 Å². The lowest BCUT2D eigenvalue weighted by Crippen LogP contribution is -2.15. The van der Waals surface area contributed by atoms with Crippen LogP contribution in [0.2, 0.25) is 0 Å². The maximum Gasteiger partial charge on any atom is 0.270 e. The van der Waals surface area contributed by atoms with Crippen LogP contribution in [0.5, 0.6) is 0 Å². The van der Waals surface area contributed by atoms with E-state index in [4.69, 9.17) is 0 Å². The Morgan fingerprint density at radius 1 is 0.931 bits per heavy atom. The summed E-state index contributed by atoms with van der Waals surface area (Å²) in [6.45, 7) is 0. The molecule has 3 aromatic carbocycles. The third-order valence-corrected chi connectivity index (χ3v) is 4.37. The van der Waals surface area contributed by atoms with Crippen LogP contribution in [0.1, 0.15) is 23.1 Å². The number of carbonyl (C=O) groups is 1. The van der Waals surface area contributed by atoms with Crippen LogP contribution < -0.4 is 5.32 Å². The lowest BCUT2D eigenvalue weighted by Gasteiger charge is -2.04. The van der Waals surface area contributed by atoms with Crippen molar-refractivity contribution < 1.29 is 9.72 Å². The fourth-order valence-corrected chi connectivity index (χ4v) is 2.97. The van der Waals surface area contributed by atoms with Crippen LogP contribution in [0.25, 0.3) is 0 Å². The van der Waals surface area contributed by atoms with E-state index in [1.165, 1.54) is 12.1 Å². The Labute approximate surface area is 167 Å². The fraction of sp³-hybridized carbons (Fsp3) is 0.0435. The standard InChI is InChI=1S/C23H15N3O3/c27-23-15-21(18-7-4-8-19(14-18)26(28)29)24-20-12-11-17(13-22(20)25-23)10-9-16-5-2-1-3-6-16/h1-8,11-14H,15H2,(H,25,27). The molecule has 0 aromatic heterocycles. The van der Waals surface area contributed by atoms with Gasteiger partial charge in [-0.15, -0.1) is 0 Å². The molecule has 1 N–H and O–H groups in total. The van der Waals surface area contributed by atoms with Gasteiger partial charge in [0.05, 0.1) is 28.4 Å². The van der Waals surface area contributed by atoms with Crippen molar-refractivity contribution in [2.24, 2.45) is 4.99 Å². The number of non-ortho nitro benzene ring substituents is 1. The van der Waals surface area contributed by atoms with Crippen molar-refractivity contribution in [3.8, 4) is 11.8 Å². The molecule has 6 heteroatoms. The van der Waals surface area contributed by atoms with E-state index < -0.39 is 4.92 Å². The zero-order valence-electron chi connectivity index (χ0n) is 15.3. The number of anilines is 1. The molecule has 0 aliphatic carbocycles. The Kier molecular flexibility index (Phi) is 4.87. The van der Waals surface area contributed by atoms with Gasteiger partial charge in [-0.1, -0.05) is 42.2 Å². The van der Waals surface area contributed by atoms with Crippen molar-refractivity contribution in [2.45, 2.75) is 6.42 Å². The van der Waals surface area contributed by atoms with Crippen LogP contribution in [-0.2, 0) is 4.79 Å². The molecule has 1 amide bonds. The zero-order chi connectivity index (χ0) is 20.2. The highest BCUT2D eigenvalue weighted by atomic mass is 16.6. The lowest BCUT2D eigenvalue weighted by molar-refractivity contribution is -0.384. The van der Waals surface area contributed by atoms with E-state index in [-0.39, 0.29) is 18.0 Å². The molecule has 1 aliphatic rings. The van der Waals surface area contributed by atoms with Crippen molar-refractivity contribution >= 4 is 28.7 Å². The number of nitrogens with zero attached hydrogens (tertiary/aromatic N) is 2. The first-order valence-corrected chi connectivity index (χ1v) is 8.92. The molecule has 0 bridgehead atoms. The SMILES string of the molecule is O=C1CC(c2cccc([N+](=O)[O-])c2)=Nc2ccc(C#Cc3ccccc3)cc2N1. The molecule has 0 radical (unpaired) electrons. The van der Waals surface area contributed by atoms with Gasteiger partial charge in [-0.25, -0.2) is 0 Å². The number of hydrogen-bond acceptors (Lipinski definition) is 4. The number of nitro benzene ring substituents is 1. The average Bonchev–Trinajstić information content (AvgIpc) is 2.90. The molecule has 0 unspecified atom stereocenters. The van der Waals surface area contributed by atoms with Crippen LogP contribution in [0, 0.1) is 22.0 Å². The Hall–Kier alpha value is -4.24. The molecule has 3 aromatic rings. The summed E-state index contributed by atoms with van der Waals surface area (Å²) in [6.07, 6.45) is 0.0286. The highest BCUT2D eigenvalue weighted by molar-refractivity contribution is 6.17. The van der Waals surface area contributed by atoms with Crippen molar-refractivity contribution in [1.82, 2.24) is 0 Å². The van der Waals surface area contributed by atoms with E-state index in [1.807, 2.05) is 36.4 Å². The fourth-order valence-electron chi connectivity index (χ4n) is 2.97. The summed E-state index contributed by atoms with van der Waals surface area (Å²) in [5.74, 6) is 5.93. The van der Waals surface area contributed by atoms with E-state index in [1.54, 1.807) is 24.3 Å². The van der Waals surface area contributed by atoms with Gasteiger partial charge in [-0.3, -0.25) is 19.9 Å². The predicted octanol–water partition coefficient (Wildman–Crippen LogP) is 4.46. The van der Waals surface area contributed by atoms with Crippen LogP contribution in [0.4, 0.5) is 17.1 Å². The van der Waals surface area contributed by atoms with Gasteiger partial charge in [0.1, 0.15) is 0 Å². The topological polar surface area (TPSA) is 84.6 Å². The molecule has 6 nitrogen and oxygen atoms in total. The molecule has 29 heavy (non-hydrogen) atoms. The summed E-state index contributed by atoms with van der Waals surface area (Å²) in [5, 5.41) is 13.9. The summed E-state index contributed by atoms with van der Waals surface area (Å²) >= 11 is 0. The van der Waals surface area contributed by atoms with E-state index in [0.717, 1.165) is 11.1 Å². The number of nitrogens with one attached hydrogen (secondary N) is 1. The summed E-state index contributed by atoms with van der Waals surface area (Å²) in [6, 6.07) is 21.2. The Morgan fingerprint density at radius 2 is 1.72 bits per heavy atom. The number of benzene rings is 3. The molecule has 1 aliphatic heterocycles. The normalized spacial score (nSPS) is 12.6. The predicted molar refractivity (Wildman–Crippen MR) is 111 cm³/mol. The number of rotatable bonds is 2. The van der Waals surface area contributed by atoms with Gasteiger partial charge in [-0.05, 0) is 30.3 Å². The Morgan fingerprint density at radius 3 is 2.52 bits per heavy atom. The molecule has 0 spiro atoms. The lowest BCUT2D eigenvalue weighted by atomic mass is 10.1. The minimum absolute atomic E-state index is 0.0286. The molecule has 1 heterocycles. The number of nitro groups is 1. The number of amides is 1. The summed E-state index contributed by atoms with van der Waals surface area (Å²) in [5.41, 5.74) is 3.79. The van der Waals surface area contributed by atoms with Crippen molar-refractivity contribution in [3.05, 3.63) is 99.6 Å². The molecule has 140 valence electrons. The van der Waals surface area contributed by atoms with E-state index in [9.17, 15) is 14.9 Å². The van der Waals surface area contributed by atoms with Gasteiger partial charge in [-0.2, -0.15) is 0 Å². The minimum Gasteiger partial charge on any atom is -0.324 e. The van der Waals surface area contributed by atoms with Crippen LogP contribution >= 0.6 is 0 Å². The molecular weight excluding hydrogens is 366 g/mol. The van der Waals surface area contributed by atoms with E-state index >= 15 is 0 Å². The highest BCUT2D eigenvalue weighted by Gasteiger charge is 2.19. The van der Waals surface area contributed by atoms with Gasteiger partial charge in [0.2, 0.25) is 5.91 Å². The first-order valence-electron chi connectivity index (χ1n) is 8.92. The van der Waals surface area contributed by atoms with E-state index in [0.29, 0.717) is 22.6 Å². The maximum absolute atomic E-state index is 12.4. The average molecular weight is 381 g/mol. The second kappa shape index (κ2) is 7.79. The molecule has 4 rings (SSSR count). The van der Waals surface area contributed by atoms with Gasteiger partial charge in [0.15, 0.2) is 0 Å². The summed E-state index contributed by atoms with van der Waals surface area (Å²) < 4.78 is 0. The molecule has 0 atom stereocenters. The number of hydrogen-bond donors (Lipinski definition) is 1. The second-order valence-electron chi connectivity index (χ2n) is 6.44. The molecular formula is C23H15N3O3. The van der Waals surface area contributed by atoms with Crippen molar-refractivity contribution in [2.75, 3.05) is 5.32 Å². The van der Waals surface area contributed by atoms with Gasteiger partial charge in [0, 0.05) is 28.8 Å². The maximum atomic E-state index is 12.4. The third-order valence-electron chi connectivity index (χ3n) is 4.37. The zero-order valence-corrected chi connectivity index (χ0v) is 15.3. The minimum atomic E-state index is -0.466. The van der Waals surface area contributed by atoms with Crippen molar-refractivity contribution in [1.29, 1.82) is 0 Å². The number of carbonyl (C=O) groups excluding carboxylic acids is 1. The third kappa shape index (κ3) is 4.20. The van der Waals surface area contributed by atoms with Gasteiger partial charge < -0.3 is 5.32 Å². The quantitative estimate of drug-likeness (QED) is 0.404. The Balaban J connectivity index is 1.70. The summed E-state index contributed by atoms with van der Waals surface area (Å²) in [7, 11) is 0. The Bertz CT molecular complexity index is 1200. The molecule has 0 saturated carbocycles. The molecule has 0 fully saturated rings. The first-order chi connectivity index (χ1) is 14.1. The monoisotopic (exact) mass is 381 g/mol. The highest BCUT2D eigenvalue weighted by Crippen LogP contribution is 2.30. The van der Waals surface area contributed by atoms with Gasteiger partial charge >= 0.3 is 0 Å². The van der Waals surface area contributed by atoms with Crippen LogP contribution in [0.15, 0.2) is 77.8 Å². The first kappa shape index (κ1) is 18.1. The largest absolute Gasteiger partial charge is 0.324 e. The van der Waals surface area contributed by atoms with E-state index in [2.05, 4.69) is 22.2 Å². The second-order valence-corrected chi connectivity index (χ2v) is 6.44. The van der Waals surface area contributed by atoms with Gasteiger partial charge in [0.25, 0.3) is 5.69 Å². The number of fused-ring (bicyclic) bond motifs is 1.